The Bertz CT molecular complexity index is 1060. The highest BCUT2D eigenvalue weighted by Gasteiger charge is 2.38. The maximum absolute atomic E-state index is 14.3. The molecule has 0 amide bonds. The van der Waals surface area contributed by atoms with Gasteiger partial charge >= 0.3 is 18.1 Å². The molecule has 1 aromatic carbocycles. The van der Waals surface area contributed by atoms with Gasteiger partial charge in [-0.2, -0.15) is 18.4 Å². The monoisotopic (exact) mass is 461 g/mol. The lowest BCUT2D eigenvalue weighted by Gasteiger charge is -2.37. The molecule has 0 unspecified atom stereocenters. The van der Waals surface area contributed by atoms with Gasteiger partial charge in [0.25, 0.3) is 0 Å². The molecular formula is C19H16ClF4N3O4. The molecule has 2 heterocycles. The number of benzene rings is 1. The molecule has 31 heavy (non-hydrogen) atoms. The third-order valence-corrected chi connectivity index (χ3v) is 5.10. The number of nitrogens with zero attached hydrogens (tertiary/aromatic N) is 3. The van der Waals surface area contributed by atoms with Gasteiger partial charge in [0.15, 0.2) is 5.82 Å². The third-order valence-electron chi connectivity index (χ3n) is 4.80. The number of hydrogen-bond acceptors (Lipinski definition) is 5. The first-order chi connectivity index (χ1) is 14.4. The van der Waals surface area contributed by atoms with E-state index < -0.39 is 29.9 Å². The van der Waals surface area contributed by atoms with Crippen LogP contribution in [0.1, 0.15) is 18.9 Å². The van der Waals surface area contributed by atoms with Gasteiger partial charge in [-0.1, -0.05) is 18.5 Å². The molecule has 0 radical (unpaired) electrons. The van der Waals surface area contributed by atoms with Crippen LogP contribution < -0.4 is 4.90 Å². The summed E-state index contributed by atoms with van der Waals surface area (Å²) >= 11 is 5.82. The Morgan fingerprint density at radius 1 is 1.32 bits per heavy atom. The average Bonchev–Trinajstić information content (AvgIpc) is 2.69. The predicted octanol–water partition coefficient (Wildman–Crippen LogP) is 4.08. The largest absolute Gasteiger partial charge is 0.490 e. The van der Waals surface area contributed by atoms with E-state index >= 15 is 0 Å². The molecule has 1 aliphatic heterocycles. The Labute approximate surface area is 178 Å². The normalized spacial score (nSPS) is 18.7. The molecule has 0 spiro atoms. The topological polar surface area (TPSA) is 115 Å². The Balaban J connectivity index is 0.000000423. The van der Waals surface area contributed by atoms with E-state index in [1.54, 1.807) is 6.07 Å². The van der Waals surface area contributed by atoms with Crippen LogP contribution in [-0.2, 0) is 9.59 Å². The average molecular weight is 462 g/mol. The molecule has 1 aliphatic rings. The Morgan fingerprint density at radius 2 is 1.94 bits per heavy atom. The second-order valence-corrected chi connectivity index (χ2v) is 7.26. The van der Waals surface area contributed by atoms with Crippen molar-refractivity contribution in [3.05, 3.63) is 34.7 Å². The molecule has 2 atom stereocenters. The van der Waals surface area contributed by atoms with Crippen LogP contribution in [0.4, 0.5) is 23.2 Å². The predicted molar refractivity (Wildman–Crippen MR) is 102 cm³/mol. The fraction of sp³-hybridized carbons (Fsp3) is 0.368. The zero-order chi connectivity index (χ0) is 23.5. The quantitative estimate of drug-likeness (QED) is 0.647. The van der Waals surface area contributed by atoms with E-state index in [1.807, 2.05) is 11.8 Å². The van der Waals surface area contributed by atoms with Gasteiger partial charge in [0.1, 0.15) is 11.6 Å². The lowest BCUT2D eigenvalue weighted by atomic mass is 9.86. The molecule has 7 nitrogen and oxygen atoms in total. The smallest absolute Gasteiger partial charge is 0.481 e. The highest BCUT2D eigenvalue weighted by Crippen LogP contribution is 2.36. The van der Waals surface area contributed by atoms with Crippen LogP contribution in [0.15, 0.2) is 18.3 Å². The van der Waals surface area contributed by atoms with Crippen LogP contribution in [0, 0.1) is 29.0 Å². The van der Waals surface area contributed by atoms with E-state index in [4.69, 9.17) is 21.5 Å². The fourth-order valence-corrected chi connectivity index (χ4v) is 3.48. The number of anilines is 1. The van der Waals surface area contributed by atoms with Gasteiger partial charge in [-0.15, -0.1) is 0 Å². The van der Waals surface area contributed by atoms with Crippen molar-refractivity contribution >= 4 is 40.1 Å². The third kappa shape index (κ3) is 5.32. The summed E-state index contributed by atoms with van der Waals surface area (Å²) in [5, 5.41) is 26.3. The number of carboxylic acids is 2. The van der Waals surface area contributed by atoms with E-state index in [9.17, 15) is 32.7 Å². The van der Waals surface area contributed by atoms with Gasteiger partial charge in [-0.25, -0.2) is 9.18 Å². The SMILES string of the molecule is C[C@@H]1CN(c2c(C#N)cnc3c(F)c(Cl)ccc23)CC[C@@H]1C(=O)O.O=C(O)C(F)(F)F. The molecule has 2 N–H and O–H groups in total. The summed E-state index contributed by atoms with van der Waals surface area (Å²) in [6.07, 6.45) is -3.27. The summed E-state index contributed by atoms with van der Waals surface area (Å²) in [4.78, 5) is 26.1. The molecular weight excluding hydrogens is 446 g/mol. The molecule has 1 fully saturated rings. The molecule has 0 saturated carbocycles. The summed E-state index contributed by atoms with van der Waals surface area (Å²) < 4.78 is 46.0. The lowest BCUT2D eigenvalue weighted by Crippen LogP contribution is -2.42. The number of halogens is 5. The molecule has 166 valence electrons. The summed E-state index contributed by atoms with van der Waals surface area (Å²) in [6, 6.07) is 5.19. The van der Waals surface area contributed by atoms with Gasteiger partial charge in [0.2, 0.25) is 0 Å². The van der Waals surface area contributed by atoms with Crippen LogP contribution in [-0.4, -0.2) is 46.4 Å². The number of rotatable bonds is 2. The minimum atomic E-state index is -5.08. The number of aromatic nitrogens is 1. The van der Waals surface area contributed by atoms with Crippen molar-refractivity contribution in [2.75, 3.05) is 18.0 Å². The van der Waals surface area contributed by atoms with Crippen LogP contribution in [0.25, 0.3) is 10.9 Å². The number of nitriles is 1. The minimum Gasteiger partial charge on any atom is -0.481 e. The Hall–Kier alpha value is -3.13. The van der Waals surface area contributed by atoms with Crippen LogP contribution >= 0.6 is 11.6 Å². The molecule has 0 aliphatic carbocycles. The second-order valence-electron chi connectivity index (χ2n) is 6.85. The summed E-state index contributed by atoms with van der Waals surface area (Å²) in [5.74, 6) is -4.67. The van der Waals surface area contributed by atoms with Gasteiger partial charge in [0.05, 0.1) is 22.2 Å². The van der Waals surface area contributed by atoms with Crippen molar-refractivity contribution in [3.8, 4) is 6.07 Å². The van der Waals surface area contributed by atoms with Crippen molar-refractivity contribution in [2.24, 2.45) is 11.8 Å². The first kappa shape index (κ1) is 24.1. The van der Waals surface area contributed by atoms with Crippen molar-refractivity contribution in [2.45, 2.75) is 19.5 Å². The zero-order valence-corrected chi connectivity index (χ0v) is 16.7. The van der Waals surface area contributed by atoms with Gasteiger partial charge < -0.3 is 15.1 Å². The van der Waals surface area contributed by atoms with Crippen molar-refractivity contribution in [1.82, 2.24) is 4.98 Å². The van der Waals surface area contributed by atoms with E-state index in [2.05, 4.69) is 11.1 Å². The Morgan fingerprint density at radius 3 is 2.42 bits per heavy atom. The first-order valence-corrected chi connectivity index (χ1v) is 9.21. The Kier molecular flexibility index (Phi) is 7.28. The number of carbonyl (C=O) groups is 2. The number of aliphatic carboxylic acids is 2. The number of carboxylic acid groups (broad SMARTS) is 2. The van der Waals surface area contributed by atoms with Gasteiger partial charge in [-0.3, -0.25) is 9.78 Å². The number of fused-ring (bicyclic) bond motifs is 1. The van der Waals surface area contributed by atoms with Crippen molar-refractivity contribution in [1.29, 1.82) is 5.26 Å². The molecule has 1 aromatic heterocycles. The molecule has 12 heteroatoms. The second kappa shape index (κ2) is 9.34. The summed E-state index contributed by atoms with van der Waals surface area (Å²) in [5.41, 5.74) is 1.04. The minimum absolute atomic E-state index is 0.0244. The number of hydrogen-bond donors (Lipinski definition) is 2. The van der Waals surface area contributed by atoms with Gasteiger partial charge in [0, 0.05) is 24.7 Å². The van der Waals surface area contributed by atoms with Crippen LogP contribution in [0.2, 0.25) is 5.02 Å². The highest BCUT2D eigenvalue weighted by molar-refractivity contribution is 6.31. The summed E-state index contributed by atoms with van der Waals surface area (Å²) in [6.45, 7) is 2.84. The van der Waals surface area contributed by atoms with E-state index in [0.717, 1.165) is 0 Å². The van der Waals surface area contributed by atoms with E-state index in [1.165, 1.54) is 12.3 Å². The van der Waals surface area contributed by atoms with Crippen molar-refractivity contribution in [3.63, 3.8) is 0 Å². The molecule has 3 rings (SSSR count). The maximum Gasteiger partial charge on any atom is 0.490 e. The summed E-state index contributed by atoms with van der Waals surface area (Å²) in [7, 11) is 0. The maximum atomic E-state index is 14.3. The first-order valence-electron chi connectivity index (χ1n) is 8.83. The lowest BCUT2D eigenvalue weighted by molar-refractivity contribution is -0.192. The van der Waals surface area contributed by atoms with Crippen LogP contribution in [0.3, 0.4) is 0 Å². The highest BCUT2D eigenvalue weighted by atomic mass is 35.5. The van der Waals surface area contributed by atoms with E-state index in [-0.39, 0.29) is 16.5 Å². The van der Waals surface area contributed by atoms with E-state index in [0.29, 0.717) is 36.1 Å². The zero-order valence-electron chi connectivity index (χ0n) is 16.0. The number of alkyl halides is 3. The number of piperidine rings is 1. The van der Waals surface area contributed by atoms with Gasteiger partial charge in [-0.05, 0) is 24.5 Å². The van der Waals surface area contributed by atoms with Crippen LogP contribution in [0.5, 0.6) is 0 Å². The molecule has 0 bridgehead atoms. The van der Waals surface area contributed by atoms with Crippen molar-refractivity contribution < 1.29 is 37.4 Å². The molecule has 1 saturated heterocycles. The fourth-order valence-electron chi connectivity index (χ4n) is 3.33. The standard InChI is InChI=1S/C17H15ClFN3O2.C2HF3O2/c1-9-8-22(5-4-11(9)17(23)24)16-10(6-20)7-21-15-12(16)2-3-13(18)14(15)19;3-2(4,5)1(6)7/h2-3,7,9,11H,4-5,8H2,1H3,(H,23,24);(H,6,7)/t9-,11+;/m1./s1. The molecule has 2 aromatic rings. The number of pyridine rings is 1.